The summed E-state index contributed by atoms with van der Waals surface area (Å²) < 4.78 is 0. The third-order valence-corrected chi connectivity index (χ3v) is 3.84. The molecule has 0 aliphatic heterocycles. The minimum atomic E-state index is -0.112. The molecular weight excluding hydrogens is 288 g/mol. The van der Waals surface area contributed by atoms with Gasteiger partial charge < -0.3 is 10.0 Å². The molecule has 0 saturated heterocycles. The molecule has 4 nitrogen and oxygen atoms in total. The lowest BCUT2D eigenvalue weighted by molar-refractivity contribution is 0.0729. The molecule has 1 aromatic carbocycles. The third-order valence-electron chi connectivity index (χ3n) is 3.51. The predicted octanol–water partition coefficient (Wildman–Crippen LogP) is 3.25. The van der Waals surface area contributed by atoms with Gasteiger partial charge in [0.05, 0.1) is 10.6 Å². The van der Waals surface area contributed by atoms with Crippen molar-refractivity contribution in [2.75, 3.05) is 0 Å². The number of hydrogen-bond acceptors (Lipinski definition) is 3. The fraction of sp³-hybridized carbons (Fsp3) is 0.250. The van der Waals surface area contributed by atoms with Crippen molar-refractivity contribution in [3.05, 3.63) is 58.9 Å². The first kappa shape index (κ1) is 13.9. The van der Waals surface area contributed by atoms with E-state index in [2.05, 4.69) is 4.98 Å². The number of rotatable bonds is 4. The maximum absolute atomic E-state index is 12.7. The van der Waals surface area contributed by atoms with E-state index in [1.807, 2.05) is 6.07 Å². The molecule has 1 amide bonds. The minimum Gasteiger partial charge on any atom is -0.508 e. The highest BCUT2D eigenvalue weighted by molar-refractivity contribution is 6.33. The monoisotopic (exact) mass is 302 g/mol. The lowest BCUT2D eigenvalue weighted by Gasteiger charge is -2.23. The number of phenolic OH excluding ortho intramolecular Hbond substituents is 1. The number of phenols is 1. The largest absolute Gasteiger partial charge is 0.508 e. The van der Waals surface area contributed by atoms with Gasteiger partial charge >= 0.3 is 0 Å². The Morgan fingerprint density at radius 1 is 1.38 bits per heavy atom. The number of carbonyl (C=O) groups excluding carboxylic acids is 1. The molecule has 1 heterocycles. The highest BCUT2D eigenvalue weighted by Gasteiger charge is 2.33. The predicted molar refractivity (Wildman–Crippen MR) is 80.2 cm³/mol. The van der Waals surface area contributed by atoms with E-state index in [1.54, 1.807) is 35.4 Å². The van der Waals surface area contributed by atoms with Crippen LogP contribution in [0.2, 0.25) is 5.02 Å². The zero-order valence-corrected chi connectivity index (χ0v) is 12.1. The van der Waals surface area contributed by atoms with Crippen molar-refractivity contribution in [2.24, 2.45) is 0 Å². The third kappa shape index (κ3) is 3.16. The van der Waals surface area contributed by atoms with E-state index in [4.69, 9.17) is 11.6 Å². The summed E-state index contributed by atoms with van der Waals surface area (Å²) in [5.41, 5.74) is 1.32. The van der Waals surface area contributed by atoms with Crippen LogP contribution in [0.5, 0.6) is 5.75 Å². The summed E-state index contributed by atoms with van der Waals surface area (Å²) in [5, 5.41) is 9.96. The summed E-state index contributed by atoms with van der Waals surface area (Å²) >= 11 is 6.09. The van der Waals surface area contributed by atoms with Crippen LogP contribution in [-0.2, 0) is 6.54 Å². The van der Waals surface area contributed by atoms with Gasteiger partial charge in [0.2, 0.25) is 0 Å². The zero-order chi connectivity index (χ0) is 14.8. The van der Waals surface area contributed by atoms with Crippen LogP contribution < -0.4 is 0 Å². The molecule has 3 rings (SSSR count). The Morgan fingerprint density at radius 2 is 2.19 bits per heavy atom. The molecule has 1 saturated carbocycles. The molecule has 0 unspecified atom stereocenters. The van der Waals surface area contributed by atoms with E-state index in [0.717, 1.165) is 18.4 Å². The first-order valence-corrected chi connectivity index (χ1v) is 7.21. The number of amides is 1. The number of halogens is 1. The molecule has 1 aliphatic rings. The van der Waals surface area contributed by atoms with Gasteiger partial charge in [-0.15, -0.1) is 0 Å². The highest BCUT2D eigenvalue weighted by atomic mass is 35.5. The van der Waals surface area contributed by atoms with E-state index in [-0.39, 0.29) is 17.7 Å². The quantitative estimate of drug-likeness (QED) is 0.943. The molecule has 0 radical (unpaired) electrons. The van der Waals surface area contributed by atoms with Crippen LogP contribution in [0.3, 0.4) is 0 Å². The van der Waals surface area contributed by atoms with E-state index in [0.29, 0.717) is 17.1 Å². The van der Waals surface area contributed by atoms with Crippen LogP contribution in [0.4, 0.5) is 0 Å². The van der Waals surface area contributed by atoms with Crippen molar-refractivity contribution in [1.82, 2.24) is 9.88 Å². The Balaban J connectivity index is 1.85. The Kier molecular flexibility index (Phi) is 3.80. The number of aromatic nitrogens is 1. The van der Waals surface area contributed by atoms with E-state index in [1.165, 1.54) is 6.20 Å². The molecule has 1 N–H and O–H groups in total. The van der Waals surface area contributed by atoms with Crippen LogP contribution in [-0.4, -0.2) is 26.9 Å². The average molecular weight is 303 g/mol. The van der Waals surface area contributed by atoms with Crippen LogP contribution in [0, 0.1) is 0 Å². The minimum absolute atomic E-state index is 0.112. The van der Waals surface area contributed by atoms with Crippen LogP contribution >= 0.6 is 11.6 Å². The zero-order valence-electron chi connectivity index (χ0n) is 11.4. The first-order chi connectivity index (χ1) is 10.1. The molecule has 108 valence electrons. The summed E-state index contributed by atoms with van der Waals surface area (Å²) in [6, 6.07) is 8.83. The van der Waals surface area contributed by atoms with E-state index >= 15 is 0 Å². The molecule has 0 atom stereocenters. The molecule has 5 heteroatoms. The Morgan fingerprint density at radius 3 is 2.86 bits per heavy atom. The molecule has 0 spiro atoms. The second-order valence-corrected chi connectivity index (χ2v) is 5.60. The molecule has 1 aromatic heterocycles. The molecular formula is C16H15ClN2O2. The summed E-state index contributed by atoms with van der Waals surface area (Å²) in [7, 11) is 0. The van der Waals surface area contributed by atoms with Gasteiger partial charge in [0.15, 0.2) is 0 Å². The lowest BCUT2D eigenvalue weighted by Crippen LogP contribution is -2.32. The number of benzene rings is 1. The van der Waals surface area contributed by atoms with Gasteiger partial charge in [0, 0.05) is 25.0 Å². The lowest BCUT2D eigenvalue weighted by atomic mass is 10.1. The summed E-state index contributed by atoms with van der Waals surface area (Å²) in [4.78, 5) is 18.5. The van der Waals surface area contributed by atoms with Crippen molar-refractivity contribution in [3.8, 4) is 5.75 Å². The van der Waals surface area contributed by atoms with Crippen molar-refractivity contribution in [2.45, 2.75) is 25.4 Å². The van der Waals surface area contributed by atoms with Crippen LogP contribution in [0.25, 0.3) is 0 Å². The summed E-state index contributed by atoms with van der Waals surface area (Å²) in [6.07, 6.45) is 5.07. The Hall–Kier alpha value is -2.07. The van der Waals surface area contributed by atoms with Gasteiger partial charge in [-0.05, 0) is 36.6 Å². The Bertz CT molecular complexity index is 671. The van der Waals surface area contributed by atoms with Crippen LogP contribution in [0.1, 0.15) is 28.8 Å². The first-order valence-electron chi connectivity index (χ1n) is 6.83. The fourth-order valence-electron chi connectivity index (χ4n) is 2.29. The second-order valence-electron chi connectivity index (χ2n) is 5.19. The van der Waals surface area contributed by atoms with E-state index < -0.39 is 0 Å². The maximum Gasteiger partial charge on any atom is 0.257 e. The molecule has 0 bridgehead atoms. The standard InChI is InChI=1S/C16H15ClN2O2/c17-15-6-7-18-9-14(15)16(21)19(12-4-5-12)10-11-2-1-3-13(20)8-11/h1-3,6-9,12,20H,4-5,10H2. The van der Waals surface area contributed by atoms with Crippen molar-refractivity contribution < 1.29 is 9.90 Å². The van der Waals surface area contributed by atoms with Gasteiger partial charge in [0.1, 0.15) is 5.75 Å². The Labute approximate surface area is 128 Å². The number of aromatic hydroxyl groups is 1. The van der Waals surface area contributed by atoms with Gasteiger partial charge in [-0.25, -0.2) is 0 Å². The number of carbonyl (C=O) groups is 1. The van der Waals surface area contributed by atoms with Crippen molar-refractivity contribution >= 4 is 17.5 Å². The maximum atomic E-state index is 12.7. The van der Waals surface area contributed by atoms with Gasteiger partial charge in [-0.1, -0.05) is 23.7 Å². The fourth-order valence-corrected chi connectivity index (χ4v) is 2.48. The smallest absolute Gasteiger partial charge is 0.257 e. The highest BCUT2D eigenvalue weighted by Crippen LogP contribution is 2.31. The van der Waals surface area contributed by atoms with Gasteiger partial charge in [-0.2, -0.15) is 0 Å². The van der Waals surface area contributed by atoms with Gasteiger partial charge in [0.25, 0.3) is 5.91 Å². The van der Waals surface area contributed by atoms with Gasteiger partial charge in [-0.3, -0.25) is 9.78 Å². The molecule has 2 aromatic rings. The normalized spacial score (nSPS) is 14.0. The van der Waals surface area contributed by atoms with Crippen molar-refractivity contribution in [1.29, 1.82) is 0 Å². The molecule has 21 heavy (non-hydrogen) atoms. The summed E-state index contributed by atoms with van der Waals surface area (Å²) in [5.74, 6) is 0.0917. The topological polar surface area (TPSA) is 53.4 Å². The van der Waals surface area contributed by atoms with Crippen LogP contribution in [0.15, 0.2) is 42.7 Å². The van der Waals surface area contributed by atoms with Crippen molar-refractivity contribution in [3.63, 3.8) is 0 Å². The number of hydrogen-bond donors (Lipinski definition) is 1. The second kappa shape index (κ2) is 5.74. The van der Waals surface area contributed by atoms with E-state index in [9.17, 15) is 9.90 Å². The molecule has 1 aliphatic carbocycles. The molecule has 1 fully saturated rings. The number of pyridine rings is 1. The SMILES string of the molecule is O=C(c1cnccc1Cl)N(Cc1cccc(O)c1)C1CC1. The summed E-state index contributed by atoms with van der Waals surface area (Å²) in [6.45, 7) is 0.461. The number of nitrogens with zero attached hydrogens (tertiary/aromatic N) is 2. The average Bonchev–Trinajstić information content (AvgIpc) is 3.29.